The smallest absolute Gasteiger partial charge is 0.252 e. The van der Waals surface area contributed by atoms with Gasteiger partial charge in [0.25, 0.3) is 5.56 Å². The number of halogens is 1. The van der Waals surface area contributed by atoms with Gasteiger partial charge in [-0.1, -0.05) is 24.6 Å². The summed E-state index contributed by atoms with van der Waals surface area (Å²) >= 11 is 6.36. The SMILES string of the molecule is CC1Cc2ccc(Cl)cc2-c2cc(=O)n(C(CC3CCCCO3)C(=O)Nc3ccc(C(N)=O)cc3)cc2OC1C. The molecule has 3 heterocycles. The first-order valence-corrected chi connectivity index (χ1v) is 14.1. The molecular formula is C31H34ClN3O5. The van der Waals surface area contributed by atoms with Gasteiger partial charge in [-0.2, -0.15) is 0 Å². The molecule has 0 saturated carbocycles. The number of amides is 2. The van der Waals surface area contributed by atoms with Gasteiger partial charge in [-0.05, 0) is 86.1 Å². The molecule has 2 aliphatic rings. The Morgan fingerprint density at radius 3 is 2.58 bits per heavy atom. The summed E-state index contributed by atoms with van der Waals surface area (Å²) in [6.45, 7) is 4.77. The number of carbonyl (C=O) groups is 2. The molecular weight excluding hydrogens is 530 g/mol. The van der Waals surface area contributed by atoms with Gasteiger partial charge in [0.1, 0.15) is 11.8 Å². The predicted octanol–water partition coefficient (Wildman–Crippen LogP) is 5.37. The van der Waals surface area contributed by atoms with Crippen molar-refractivity contribution in [2.75, 3.05) is 11.9 Å². The number of ether oxygens (including phenoxy) is 2. The van der Waals surface area contributed by atoms with Crippen LogP contribution in [0.1, 0.15) is 61.5 Å². The minimum atomic E-state index is -0.850. The topological polar surface area (TPSA) is 113 Å². The Morgan fingerprint density at radius 1 is 1.10 bits per heavy atom. The van der Waals surface area contributed by atoms with Gasteiger partial charge in [-0.25, -0.2) is 0 Å². The van der Waals surface area contributed by atoms with Crippen LogP contribution in [0, 0.1) is 5.92 Å². The zero-order chi connectivity index (χ0) is 28.4. The molecule has 40 heavy (non-hydrogen) atoms. The number of nitrogens with zero attached hydrogens (tertiary/aromatic N) is 1. The van der Waals surface area contributed by atoms with Gasteiger partial charge >= 0.3 is 0 Å². The van der Waals surface area contributed by atoms with Crippen LogP contribution in [0.3, 0.4) is 0 Å². The van der Waals surface area contributed by atoms with Gasteiger partial charge in [0, 0.05) is 40.9 Å². The summed E-state index contributed by atoms with van der Waals surface area (Å²) in [4.78, 5) is 38.9. The van der Waals surface area contributed by atoms with Gasteiger partial charge < -0.3 is 20.5 Å². The van der Waals surface area contributed by atoms with E-state index in [9.17, 15) is 14.4 Å². The molecule has 4 atom stereocenters. The molecule has 5 rings (SSSR count). The summed E-state index contributed by atoms with van der Waals surface area (Å²) in [7, 11) is 0. The Labute approximate surface area is 238 Å². The van der Waals surface area contributed by atoms with Crippen LogP contribution in [0.25, 0.3) is 11.1 Å². The molecule has 3 N–H and O–H groups in total. The monoisotopic (exact) mass is 563 g/mol. The van der Waals surface area contributed by atoms with Crippen molar-refractivity contribution in [1.82, 2.24) is 4.57 Å². The van der Waals surface area contributed by atoms with Gasteiger partial charge in [0.2, 0.25) is 11.8 Å². The fourth-order valence-corrected chi connectivity index (χ4v) is 5.59. The number of hydrogen-bond acceptors (Lipinski definition) is 5. The van der Waals surface area contributed by atoms with Crippen molar-refractivity contribution in [2.45, 2.75) is 64.2 Å². The van der Waals surface area contributed by atoms with Crippen molar-refractivity contribution in [3.8, 4) is 16.9 Å². The highest BCUT2D eigenvalue weighted by molar-refractivity contribution is 6.30. The highest BCUT2D eigenvalue weighted by Gasteiger charge is 2.30. The highest BCUT2D eigenvalue weighted by Crippen LogP contribution is 2.38. The largest absolute Gasteiger partial charge is 0.488 e. The second-order valence-electron chi connectivity index (χ2n) is 10.8. The van der Waals surface area contributed by atoms with Crippen LogP contribution in [-0.2, 0) is 16.0 Å². The number of aromatic nitrogens is 1. The van der Waals surface area contributed by atoms with E-state index in [2.05, 4.69) is 12.2 Å². The molecule has 0 spiro atoms. The third kappa shape index (κ3) is 6.08. The van der Waals surface area contributed by atoms with E-state index in [0.717, 1.165) is 36.8 Å². The lowest BCUT2D eigenvalue weighted by Crippen LogP contribution is -2.37. The minimum Gasteiger partial charge on any atom is -0.488 e. The number of pyridine rings is 1. The van der Waals surface area contributed by atoms with Gasteiger partial charge in [0.05, 0.1) is 18.4 Å². The van der Waals surface area contributed by atoms with Crippen LogP contribution in [-0.4, -0.2) is 35.2 Å². The number of nitrogens with one attached hydrogen (secondary N) is 1. The molecule has 210 valence electrons. The quantitative estimate of drug-likeness (QED) is 0.419. The van der Waals surface area contributed by atoms with Crippen LogP contribution >= 0.6 is 11.6 Å². The summed E-state index contributed by atoms with van der Waals surface area (Å²) in [6, 6.07) is 12.7. The molecule has 8 nitrogen and oxygen atoms in total. The normalized spacial score (nSPS) is 21.1. The van der Waals surface area contributed by atoms with E-state index in [4.69, 9.17) is 26.8 Å². The molecule has 0 radical (unpaired) electrons. The van der Waals surface area contributed by atoms with Gasteiger partial charge in [0.15, 0.2) is 0 Å². The molecule has 2 aromatic carbocycles. The number of nitrogens with two attached hydrogens (primary N) is 1. The van der Waals surface area contributed by atoms with Crippen LogP contribution in [0.5, 0.6) is 5.75 Å². The van der Waals surface area contributed by atoms with Crippen molar-refractivity contribution in [1.29, 1.82) is 0 Å². The minimum absolute atomic E-state index is 0.119. The average molecular weight is 564 g/mol. The van der Waals surface area contributed by atoms with Crippen LogP contribution in [0.4, 0.5) is 5.69 Å². The number of hydrogen-bond donors (Lipinski definition) is 2. The number of benzene rings is 2. The van der Waals surface area contributed by atoms with E-state index in [0.29, 0.717) is 40.6 Å². The Hall–Kier alpha value is -3.62. The Morgan fingerprint density at radius 2 is 1.88 bits per heavy atom. The fraction of sp³-hybridized carbons (Fsp3) is 0.387. The lowest BCUT2D eigenvalue weighted by molar-refractivity contribution is -0.121. The predicted molar refractivity (Wildman–Crippen MR) is 155 cm³/mol. The lowest BCUT2D eigenvalue weighted by atomic mass is 9.89. The maximum atomic E-state index is 13.7. The van der Waals surface area contributed by atoms with E-state index in [1.807, 2.05) is 25.1 Å². The Balaban J connectivity index is 1.55. The number of carbonyl (C=O) groups excluding carboxylic acids is 2. The number of primary amides is 1. The number of anilines is 1. The first-order valence-electron chi connectivity index (χ1n) is 13.7. The molecule has 9 heteroatoms. The maximum Gasteiger partial charge on any atom is 0.252 e. The molecule has 1 aromatic heterocycles. The summed E-state index contributed by atoms with van der Waals surface area (Å²) in [5.74, 6) is -0.176. The molecule has 3 aromatic rings. The van der Waals surface area contributed by atoms with Crippen molar-refractivity contribution < 1.29 is 19.1 Å². The average Bonchev–Trinajstić information content (AvgIpc) is 2.93. The molecule has 1 fully saturated rings. The third-order valence-corrected chi connectivity index (χ3v) is 8.13. The van der Waals surface area contributed by atoms with Crippen LogP contribution in [0.2, 0.25) is 5.02 Å². The number of fused-ring (bicyclic) bond motifs is 3. The molecule has 4 unspecified atom stereocenters. The summed E-state index contributed by atoms with van der Waals surface area (Å²) < 4.78 is 13.8. The maximum absolute atomic E-state index is 13.7. The van der Waals surface area contributed by atoms with E-state index in [-0.39, 0.29) is 29.6 Å². The third-order valence-electron chi connectivity index (χ3n) is 7.90. The highest BCUT2D eigenvalue weighted by atomic mass is 35.5. The van der Waals surface area contributed by atoms with E-state index in [1.54, 1.807) is 30.5 Å². The van der Waals surface area contributed by atoms with E-state index < -0.39 is 11.9 Å². The standard InChI is InChI=1S/C31H34ClN3O5/c1-18-13-21-6-9-22(32)14-25(21)26-16-29(36)35(17-28(26)40-19(18)2)27(15-24-5-3-4-12-39-24)31(38)34-23-10-7-20(8-11-23)30(33)37/h6-11,14,16-19,24,27H,3-5,12-13,15H2,1-2H3,(H2,33,37)(H,34,38). The molecule has 2 amide bonds. The van der Waals surface area contributed by atoms with Gasteiger partial charge in [-0.15, -0.1) is 0 Å². The van der Waals surface area contributed by atoms with Crippen molar-refractivity contribution >= 4 is 29.1 Å². The van der Waals surface area contributed by atoms with Crippen molar-refractivity contribution in [3.63, 3.8) is 0 Å². The van der Waals surface area contributed by atoms with E-state index in [1.165, 1.54) is 10.6 Å². The first kappa shape index (κ1) is 27.9. The Bertz CT molecular complexity index is 1460. The second-order valence-corrected chi connectivity index (χ2v) is 11.2. The first-order chi connectivity index (χ1) is 19.2. The van der Waals surface area contributed by atoms with Gasteiger partial charge in [-0.3, -0.25) is 19.0 Å². The fourth-order valence-electron chi connectivity index (χ4n) is 5.42. The second kappa shape index (κ2) is 11.9. The van der Waals surface area contributed by atoms with Crippen molar-refractivity contribution in [3.05, 3.63) is 81.2 Å². The van der Waals surface area contributed by atoms with Crippen LogP contribution < -0.4 is 21.3 Å². The lowest BCUT2D eigenvalue weighted by Gasteiger charge is -2.30. The molecule has 0 bridgehead atoms. The summed E-state index contributed by atoms with van der Waals surface area (Å²) in [5, 5.41) is 3.47. The van der Waals surface area contributed by atoms with E-state index >= 15 is 0 Å². The molecule has 0 aliphatic carbocycles. The summed E-state index contributed by atoms with van der Waals surface area (Å²) in [6.07, 6.45) is 5.29. The zero-order valence-electron chi connectivity index (χ0n) is 22.7. The van der Waals surface area contributed by atoms with Crippen LogP contribution in [0.15, 0.2) is 59.5 Å². The van der Waals surface area contributed by atoms with Crippen molar-refractivity contribution in [2.24, 2.45) is 11.7 Å². The molecule has 1 saturated heterocycles. The Kier molecular flexibility index (Phi) is 8.28. The summed E-state index contributed by atoms with van der Waals surface area (Å²) in [5.41, 5.74) is 8.46. The number of rotatable bonds is 6. The molecule has 2 aliphatic heterocycles. The zero-order valence-corrected chi connectivity index (χ0v) is 23.4.